The highest BCUT2D eigenvalue weighted by Crippen LogP contribution is 2.30. The van der Waals surface area contributed by atoms with E-state index in [-0.39, 0.29) is 5.91 Å². The monoisotopic (exact) mass is 274 g/mol. The third-order valence-electron chi connectivity index (χ3n) is 4.54. The fourth-order valence-electron chi connectivity index (χ4n) is 3.16. The average Bonchev–Trinajstić information content (AvgIpc) is 2.88. The summed E-state index contributed by atoms with van der Waals surface area (Å²) < 4.78 is 0. The van der Waals surface area contributed by atoms with Gasteiger partial charge >= 0.3 is 0 Å². The van der Waals surface area contributed by atoms with Crippen LogP contribution in [-0.2, 0) is 11.2 Å². The normalized spacial score (nSPS) is 21.9. The van der Waals surface area contributed by atoms with Gasteiger partial charge in [0.15, 0.2) is 0 Å². The number of carbonyl (C=O) groups excluding carboxylic acids is 1. The number of rotatable bonds is 5. The Bertz CT molecular complexity index is 470. The van der Waals surface area contributed by atoms with Crippen molar-refractivity contribution in [2.45, 2.75) is 39.5 Å². The first-order chi connectivity index (χ1) is 9.60. The number of benzene rings is 1. The van der Waals surface area contributed by atoms with E-state index in [1.807, 2.05) is 0 Å². The van der Waals surface area contributed by atoms with Crippen LogP contribution < -0.4 is 11.1 Å². The molecule has 0 radical (unpaired) electrons. The molecule has 0 heterocycles. The SMILES string of the molecule is Cc1ccc(C)c(CC(=O)NCC2CCCC2CN)c1. The minimum absolute atomic E-state index is 0.126. The van der Waals surface area contributed by atoms with Crippen LogP contribution >= 0.6 is 0 Å². The number of hydrogen-bond acceptors (Lipinski definition) is 2. The second-order valence-corrected chi connectivity index (χ2v) is 6.10. The molecule has 1 aromatic carbocycles. The van der Waals surface area contributed by atoms with Crippen molar-refractivity contribution in [1.29, 1.82) is 0 Å². The Hall–Kier alpha value is -1.35. The van der Waals surface area contributed by atoms with Crippen molar-refractivity contribution in [2.24, 2.45) is 17.6 Å². The summed E-state index contributed by atoms with van der Waals surface area (Å²) in [5.41, 5.74) is 9.30. The fraction of sp³-hybridized carbons (Fsp3) is 0.588. The zero-order chi connectivity index (χ0) is 14.5. The Morgan fingerprint density at radius 3 is 2.80 bits per heavy atom. The van der Waals surface area contributed by atoms with Gasteiger partial charge < -0.3 is 11.1 Å². The van der Waals surface area contributed by atoms with Crippen LogP contribution in [0.1, 0.15) is 36.0 Å². The number of hydrogen-bond donors (Lipinski definition) is 2. The summed E-state index contributed by atoms with van der Waals surface area (Å²) in [6, 6.07) is 6.27. The van der Waals surface area contributed by atoms with E-state index in [9.17, 15) is 4.79 Å². The number of carbonyl (C=O) groups is 1. The van der Waals surface area contributed by atoms with Crippen molar-refractivity contribution in [3.8, 4) is 0 Å². The van der Waals surface area contributed by atoms with E-state index in [0.29, 0.717) is 18.3 Å². The zero-order valence-electron chi connectivity index (χ0n) is 12.6. The van der Waals surface area contributed by atoms with Gasteiger partial charge in [0, 0.05) is 6.54 Å². The Morgan fingerprint density at radius 1 is 1.30 bits per heavy atom. The predicted molar refractivity (Wildman–Crippen MR) is 82.5 cm³/mol. The molecule has 0 saturated heterocycles. The molecule has 3 nitrogen and oxygen atoms in total. The smallest absolute Gasteiger partial charge is 0.224 e. The molecule has 1 amide bonds. The molecule has 1 aliphatic carbocycles. The van der Waals surface area contributed by atoms with Crippen LogP contribution in [0, 0.1) is 25.7 Å². The van der Waals surface area contributed by atoms with Gasteiger partial charge in [-0.15, -0.1) is 0 Å². The average molecular weight is 274 g/mol. The summed E-state index contributed by atoms with van der Waals surface area (Å²) in [5.74, 6) is 1.29. The Morgan fingerprint density at radius 2 is 2.05 bits per heavy atom. The van der Waals surface area contributed by atoms with Gasteiger partial charge in [-0.05, 0) is 56.2 Å². The Labute approximate surface area is 121 Å². The quantitative estimate of drug-likeness (QED) is 0.866. The molecule has 1 saturated carbocycles. The summed E-state index contributed by atoms with van der Waals surface area (Å²) in [5, 5.41) is 3.09. The van der Waals surface area contributed by atoms with Crippen molar-refractivity contribution in [3.63, 3.8) is 0 Å². The molecule has 1 fully saturated rings. The molecular weight excluding hydrogens is 248 g/mol. The molecule has 1 aromatic rings. The van der Waals surface area contributed by atoms with Gasteiger partial charge in [0.05, 0.1) is 6.42 Å². The van der Waals surface area contributed by atoms with E-state index in [2.05, 4.69) is 37.4 Å². The summed E-state index contributed by atoms with van der Waals surface area (Å²) in [6.45, 7) is 5.65. The molecule has 2 atom stereocenters. The molecule has 3 N–H and O–H groups in total. The van der Waals surface area contributed by atoms with Gasteiger partial charge in [0.1, 0.15) is 0 Å². The van der Waals surface area contributed by atoms with E-state index >= 15 is 0 Å². The molecule has 0 aliphatic heterocycles. The molecule has 2 unspecified atom stereocenters. The van der Waals surface area contributed by atoms with Crippen molar-refractivity contribution >= 4 is 5.91 Å². The van der Waals surface area contributed by atoms with Crippen molar-refractivity contribution in [2.75, 3.05) is 13.1 Å². The largest absolute Gasteiger partial charge is 0.356 e. The standard InChI is InChI=1S/C17H26N2O/c1-12-6-7-13(2)16(8-12)9-17(20)19-11-15-5-3-4-14(15)10-18/h6-8,14-15H,3-5,9-11,18H2,1-2H3,(H,19,20). The molecular formula is C17H26N2O. The number of nitrogens with two attached hydrogens (primary N) is 1. The van der Waals surface area contributed by atoms with Crippen LogP contribution in [0.4, 0.5) is 0 Å². The summed E-state index contributed by atoms with van der Waals surface area (Å²) >= 11 is 0. The lowest BCUT2D eigenvalue weighted by Crippen LogP contribution is -2.33. The van der Waals surface area contributed by atoms with Gasteiger partial charge in [-0.3, -0.25) is 4.79 Å². The van der Waals surface area contributed by atoms with Crippen LogP contribution in [0.25, 0.3) is 0 Å². The molecule has 110 valence electrons. The maximum absolute atomic E-state index is 12.1. The van der Waals surface area contributed by atoms with Crippen LogP contribution in [0.5, 0.6) is 0 Å². The zero-order valence-corrected chi connectivity index (χ0v) is 12.6. The van der Waals surface area contributed by atoms with Gasteiger partial charge in [-0.2, -0.15) is 0 Å². The molecule has 3 heteroatoms. The van der Waals surface area contributed by atoms with E-state index < -0.39 is 0 Å². The van der Waals surface area contributed by atoms with Crippen LogP contribution in [-0.4, -0.2) is 19.0 Å². The van der Waals surface area contributed by atoms with E-state index in [1.54, 1.807) is 0 Å². The second kappa shape index (κ2) is 6.89. The third kappa shape index (κ3) is 3.83. The topological polar surface area (TPSA) is 55.1 Å². The summed E-state index contributed by atoms with van der Waals surface area (Å²) in [4.78, 5) is 12.1. The highest BCUT2D eigenvalue weighted by Gasteiger charge is 2.26. The lowest BCUT2D eigenvalue weighted by atomic mass is 9.96. The lowest BCUT2D eigenvalue weighted by Gasteiger charge is -2.18. The maximum atomic E-state index is 12.1. The van der Waals surface area contributed by atoms with Gasteiger partial charge in [0.25, 0.3) is 0 Å². The minimum Gasteiger partial charge on any atom is -0.356 e. The van der Waals surface area contributed by atoms with Crippen LogP contribution in [0.2, 0.25) is 0 Å². The van der Waals surface area contributed by atoms with E-state index in [0.717, 1.165) is 18.7 Å². The Kier molecular flexibility index (Phi) is 5.18. The summed E-state index contributed by atoms with van der Waals surface area (Å²) in [7, 11) is 0. The summed E-state index contributed by atoms with van der Waals surface area (Å²) in [6.07, 6.45) is 4.15. The van der Waals surface area contributed by atoms with Gasteiger partial charge in [-0.25, -0.2) is 0 Å². The molecule has 0 spiro atoms. The third-order valence-corrected chi connectivity index (χ3v) is 4.54. The maximum Gasteiger partial charge on any atom is 0.224 e. The first-order valence-corrected chi connectivity index (χ1v) is 7.63. The van der Waals surface area contributed by atoms with Crippen molar-refractivity contribution < 1.29 is 4.79 Å². The number of aryl methyl sites for hydroxylation is 2. The number of amides is 1. The predicted octanol–water partition coefficient (Wildman–Crippen LogP) is 2.34. The highest BCUT2D eigenvalue weighted by molar-refractivity contribution is 5.79. The molecule has 1 aliphatic rings. The highest BCUT2D eigenvalue weighted by atomic mass is 16.1. The van der Waals surface area contributed by atoms with Gasteiger partial charge in [0.2, 0.25) is 5.91 Å². The lowest BCUT2D eigenvalue weighted by molar-refractivity contribution is -0.120. The van der Waals surface area contributed by atoms with E-state index in [1.165, 1.54) is 30.4 Å². The Balaban J connectivity index is 1.85. The number of nitrogens with one attached hydrogen (secondary N) is 1. The molecule has 0 aromatic heterocycles. The second-order valence-electron chi connectivity index (χ2n) is 6.10. The first kappa shape index (κ1) is 15.0. The minimum atomic E-state index is 0.126. The van der Waals surface area contributed by atoms with Crippen LogP contribution in [0.15, 0.2) is 18.2 Å². The first-order valence-electron chi connectivity index (χ1n) is 7.63. The van der Waals surface area contributed by atoms with Crippen molar-refractivity contribution in [1.82, 2.24) is 5.32 Å². The van der Waals surface area contributed by atoms with Crippen molar-refractivity contribution in [3.05, 3.63) is 34.9 Å². The van der Waals surface area contributed by atoms with Crippen LogP contribution in [0.3, 0.4) is 0 Å². The fourth-order valence-corrected chi connectivity index (χ4v) is 3.16. The van der Waals surface area contributed by atoms with Gasteiger partial charge in [-0.1, -0.05) is 30.2 Å². The van der Waals surface area contributed by atoms with E-state index in [4.69, 9.17) is 5.73 Å². The molecule has 2 rings (SSSR count). The molecule has 20 heavy (non-hydrogen) atoms. The molecule has 0 bridgehead atoms.